The van der Waals surface area contributed by atoms with Gasteiger partial charge < -0.3 is 14.6 Å². The van der Waals surface area contributed by atoms with Crippen LogP contribution < -0.4 is 9.84 Å². The van der Waals surface area contributed by atoms with Crippen molar-refractivity contribution >= 4 is 11.8 Å². The maximum absolute atomic E-state index is 12.8. The van der Waals surface area contributed by atoms with Gasteiger partial charge in [-0.05, 0) is 37.1 Å². The normalized spacial score (nSPS) is 16.5. The molecule has 0 spiro atoms. The molecule has 1 saturated carbocycles. The molecule has 0 bridgehead atoms. The molecule has 1 aromatic carbocycles. The topological polar surface area (TPSA) is 66.4 Å². The Hall–Kier alpha value is -1.98. The fraction of sp³-hybridized carbons (Fsp3) is 0.467. The van der Waals surface area contributed by atoms with Gasteiger partial charge in [-0.2, -0.15) is 8.78 Å². The summed E-state index contributed by atoms with van der Waals surface area (Å²) in [5, 5.41) is 10.2. The van der Waals surface area contributed by atoms with Crippen molar-refractivity contribution in [3.8, 4) is 5.75 Å². The lowest BCUT2D eigenvalue weighted by Crippen LogP contribution is -2.45. The summed E-state index contributed by atoms with van der Waals surface area (Å²) in [7, 11) is 0. The highest BCUT2D eigenvalue weighted by Crippen LogP contribution is 2.28. The van der Waals surface area contributed by atoms with Crippen molar-refractivity contribution in [3.63, 3.8) is 0 Å². The van der Waals surface area contributed by atoms with Crippen LogP contribution in [-0.4, -0.2) is 17.9 Å². The number of carboxylic acid groups (broad SMARTS) is 1. The van der Waals surface area contributed by atoms with E-state index in [-0.39, 0.29) is 17.5 Å². The minimum absolute atomic E-state index is 0.00656. The van der Waals surface area contributed by atoms with Gasteiger partial charge in [0.25, 0.3) is 0 Å². The maximum atomic E-state index is 12.8. The highest BCUT2D eigenvalue weighted by molar-refractivity contribution is 5.98. The van der Waals surface area contributed by atoms with E-state index in [4.69, 9.17) is 0 Å². The Kier molecular flexibility index (Phi) is 4.55. The Balaban J connectivity index is 2.04. The summed E-state index contributed by atoms with van der Waals surface area (Å²) in [4.78, 5) is 22.4. The van der Waals surface area contributed by atoms with Crippen molar-refractivity contribution in [3.05, 3.63) is 29.8 Å². The third kappa shape index (κ3) is 3.77. The van der Waals surface area contributed by atoms with Crippen LogP contribution in [0.25, 0.3) is 0 Å². The Bertz CT molecular complexity index is 519. The number of hydrogen-bond donors (Lipinski definition) is 0. The number of carbonyl (C=O) groups is 2. The lowest BCUT2D eigenvalue weighted by atomic mass is 9.84. The number of benzene rings is 1. The first-order valence-corrected chi connectivity index (χ1v) is 6.83. The van der Waals surface area contributed by atoms with Gasteiger partial charge in [0.2, 0.25) is 0 Å². The summed E-state index contributed by atoms with van der Waals surface area (Å²) in [6.07, 6.45) is 0.480. The lowest BCUT2D eigenvalue weighted by Gasteiger charge is -2.21. The molecule has 2 rings (SSSR count). The van der Waals surface area contributed by atoms with E-state index < -0.39 is 12.1 Å². The lowest BCUT2D eigenvalue weighted by molar-refractivity contribution is -0.350. The molecule has 0 saturated heterocycles. The predicted octanol–water partition coefficient (Wildman–Crippen LogP) is 2.17. The molecule has 1 fully saturated rings. The third-order valence-electron chi connectivity index (χ3n) is 3.60. The number of carboxylic acids is 1. The minimum atomic E-state index is -4.39. The van der Waals surface area contributed by atoms with Crippen molar-refractivity contribution in [2.45, 2.75) is 38.2 Å². The largest absolute Gasteiger partial charge is 0.541 e. The van der Waals surface area contributed by atoms with Crippen LogP contribution in [-0.2, 0) is 4.79 Å². The molecular formula is C15H15F2O4-. The van der Waals surface area contributed by atoms with Crippen LogP contribution in [0.4, 0.5) is 8.78 Å². The number of alkyl halides is 2. The first-order valence-electron chi connectivity index (χ1n) is 6.83. The Morgan fingerprint density at radius 1 is 1.10 bits per heavy atom. The molecule has 0 radical (unpaired) electrons. The van der Waals surface area contributed by atoms with Gasteiger partial charge in [-0.25, -0.2) is 0 Å². The minimum Gasteiger partial charge on any atom is -0.541 e. The van der Waals surface area contributed by atoms with Gasteiger partial charge in [0.15, 0.2) is 11.8 Å². The standard InChI is InChI=1S/C15H16F2O4/c16-15(17,14(19)20)21-12-8-6-11(7-9-12)13(18)10-4-2-1-3-5-10/h6-10H,1-5H2,(H,19,20)/p-1. The molecule has 21 heavy (non-hydrogen) atoms. The number of halogens is 2. The first kappa shape index (κ1) is 15.4. The van der Waals surface area contributed by atoms with E-state index in [0.717, 1.165) is 44.2 Å². The molecule has 4 nitrogen and oxygen atoms in total. The Labute approximate surface area is 120 Å². The first-order chi connectivity index (χ1) is 9.90. The maximum Gasteiger partial charge on any atom is 0.441 e. The van der Waals surface area contributed by atoms with Crippen molar-refractivity contribution in [1.82, 2.24) is 0 Å². The summed E-state index contributed by atoms with van der Waals surface area (Å²) >= 11 is 0. The van der Waals surface area contributed by atoms with E-state index in [1.165, 1.54) is 12.1 Å². The van der Waals surface area contributed by atoms with Gasteiger partial charge in [-0.3, -0.25) is 4.79 Å². The fourth-order valence-electron chi connectivity index (χ4n) is 2.48. The molecular weight excluding hydrogens is 282 g/mol. The molecule has 114 valence electrons. The molecule has 0 unspecified atom stereocenters. The summed E-state index contributed by atoms with van der Waals surface area (Å²) in [5.41, 5.74) is 0.422. The van der Waals surface area contributed by atoms with Crippen LogP contribution in [0.5, 0.6) is 5.75 Å². The van der Waals surface area contributed by atoms with Crippen LogP contribution in [0.15, 0.2) is 24.3 Å². The van der Waals surface area contributed by atoms with Crippen LogP contribution in [0, 0.1) is 5.92 Å². The van der Waals surface area contributed by atoms with Gasteiger partial charge in [0, 0.05) is 11.5 Å². The van der Waals surface area contributed by atoms with Crippen LogP contribution >= 0.6 is 0 Å². The number of carbonyl (C=O) groups excluding carboxylic acids is 2. The molecule has 0 aliphatic heterocycles. The zero-order valence-electron chi connectivity index (χ0n) is 11.3. The number of ether oxygens (including phenoxy) is 1. The van der Waals surface area contributed by atoms with Crippen molar-refractivity contribution in [1.29, 1.82) is 0 Å². The number of rotatable bonds is 5. The zero-order valence-corrected chi connectivity index (χ0v) is 11.3. The van der Waals surface area contributed by atoms with Crippen molar-refractivity contribution in [2.24, 2.45) is 5.92 Å². The number of hydrogen-bond acceptors (Lipinski definition) is 4. The second-order valence-electron chi connectivity index (χ2n) is 5.13. The summed E-state index contributed by atoms with van der Waals surface area (Å²) < 4.78 is 29.7. The summed E-state index contributed by atoms with van der Waals surface area (Å²) in [6, 6.07) is 5.06. The monoisotopic (exact) mass is 297 g/mol. The average Bonchev–Trinajstić information content (AvgIpc) is 2.48. The average molecular weight is 297 g/mol. The number of aliphatic carboxylic acids is 1. The third-order valence-corrected chi connectivity index (χ3v) is 3.60. The zero-order chi connectivity index (χ0) is 15.5. The highest BCUT2D eigenvalue weighted by Gasteiger charge is 2.34. The molecule has 0 heterocycles. The van der Waals surface area contributed by atoms with Gasteiger partial charge in [0.1, 0.15) is 5.75 Å². The molecule has 0 amide bonds. The van der Waals surface area contributed by atoms with E-state index >= 15 is 0 Å². The van der Waals surface area contributed by atoms with Gasteiger partial charge in [0.05, 0.1) is 0 Å². The van der Waals surface area contributed by atoms with E-state index in [1.54, 1.807) is 0 Å². The highest BCUT2D eigenvalue weighted by atomic mass is 19.3. The van der Waals surface area contributed by atoms with E-state index in [1.807, 2.05) is 0 Å². The number of ketones is 1. The molecule has 0 atom stereocenters. The van der Waals surface area contributed by atoms with Crippen LogP contribution in [0.3, 0.4) is 0 Å². The quantitative estimate of drug-likeness (QED) is 0.781. The van der Waals surface area contributed by atoms with Crippen LogP contribution in [0.1, 0.15) is 42.5 Å². The van der Waals surface area contributed by atoms with Gasteiger partial charge in [-0.15, -0.1) is 0 Å². The van der Waals surface area contributed by atoms with Crippen molar-refractivity contribution in [2.75, 3.05) is 0 Å². The molecule has 0 N–H and O–H groups in total. The molecule has 1 aliphatic carbocycles. The Morgan fingerprint density at radius 3 is 2.19 bits per heavy atom. The predicted molar refractivity (Wildman–Crippen MR) is 67.9 cm³/mol. The van der Waals surface area contributed by atoms with E-state index in [2.05, 4.69) is 4.74 Å². The molecule has 1 aliphatic rings. The molecule has 1 aromatic rings. The van der Waals surface area contributed by atoms with E-state index in [0.29, 0.717) is 5.56 Å². The SMILES string of the molecule is O=C(c1ccc(OC(F)(F)C(=O)[O-])cc1)C1CCCCC1. The Morgan fingerprint density at radius 2 is 1.67 bits per heavy atom. The second-order valence-corrected chi connectivity index (χ2v) is 5.13. The van der Waals surface area contributed by atoms with E-state index in [9.17, 15) is 23.5 Å². The molecule has 0 aromatic heterocycles. The fourth-order valence-corrected chi connectivity index (χ4v) is 2.48. The van der Waals surface area contributed by atoms with Gasteiger partial charge in [-0.1, -0.05) is 19.3 Å². The summed E-state index contributed by atoms with van der Waals surface area (Å²) in [6.45, 7) is 0. The number of Topliss-reactive ketones (excluding diaryl/α,β-unsaturated/α-hetero) is 1. The van der Waals surface area contributed by atoms with Crippen LogP contribution in [0.2, 0.25) is 0 Å². The molecule has 6 heteroatoms. The van der Waals surface area contributed by atoms with Gasteiger partial charge >= 0.3 is 6.11 Å². The summed E-state index contributed by atoms with van der Waals surface area (Å²) in [5.74, 6) is -2.96. The smallest absolute Gasteiger partial charge is 0.441 e. The second kappa shape index (κ2) is 6.20. The van der Waals surface area contributed by atoms with Crippen molar-refractivity contribution < 1.29 is 28.2 Å².